The predicted molar refractivity (Wildman–Crippen MR) is 83.5 cm³/mol. The number of carbonyl (C=O) groups excluding carboxylic acids is 3. The fraction of sp³-hybridized carbons (Fsp3) is 0.417. The first-order chi connectivity index (χ1) is 10.6. The highest BCUT2D eigenvalue weighted by Gasteiger charge is 2.21. The van der Waals surface area contributed by atoms with Gasteiger partial charge in [-0.25, -0.2) is 22.7 Å². The Morgan fingerprint density at radius 2 is 2.00 bits per heavy atom. The number of thiophene rings is 1. The topological polar surface area (TPSA) is 145 Å². The minimum Gasteiger partial charge on any atom is -0.448 e. The first-order valence-electron chi connectivity index (χ1n) is 6.43. The van der Waals surface area contributed by atoms with Crippen molar-refractivity contribution < 1.29 is 27.5 Å². The highest BCUT2D eigenvalue weighted by Crippen LogP contribution is 2.18. The van der Waals surface area contributed by atoms with Crippen LogP contribution in [0.4, 0.5) is 4.79 Å². The largest absolute Gasteiger partial charge is 0.448 e. The number of nitrogens with two attached hydrogens (primary N) is 1. The van der Waals surface area contributed by atoms with Gasteiger partial charge in [-0.3, -0.25) is 10.1 Å². The summed E-state index contributed by atoms with van der Waals surface area (Å²) < 4.78 is 29.1. The summed E-state index contributed by atoms with van der Waals surface area (Å²) in [6, 6.07) is 2.15. The van der Waals surface area contributed by atoms with Gasteiger partial charge < -0.3 is 10.5 Å². The average molecular weight is 363 g/mol. The van der Waals surface area contributed by atoms with E-state index in [2.05, 4.69) is 4.72 Å². The summed E-state index contributed by atoms with van der Waals surface area (Å²) in [5.41, 5.74) is 4.80. The first-order valence-corrected chi connectivity index (χ1v) is 9.14. The molecule has 0 aliphatic carbocycles. The van der Waals surface area contributed by atoms with Crippen LogP contribution in [-0.4, -0.2) is 45.2 Å². The predicted octanol–water partition coefficient (Wildman–Crippen LogP) is -0.420. The van der Waals surface area contributed by atoms with Crippen LogP contribution in [0.3, 0.4) is 0 Å². The molecule has 0 aromatic carbocycles. The van der Waals surface area contributed by atoms with E-state index in [1.165, 1.54) is 13.0 Å². The van der Waals surface area contributed by atoms with E-state index in [9.17, 15) is 22.8 Å². The Kier molecular flexibility index (Phi) is 6.66. The Balaban J connectivity index is 2.54. The maximum Gasteiger partial charge on any atom is 0.349 e. The van der Waals surface area contributed by atoms with Crippen molar-refractivity contribution in [3.63, 3.8) is 0 Å². The van der Waals surface area contributed by atoms with Crippen LogP contribution in [0, 0.1) is 0 Å². The van der Waals surface area contributed by atoms with Crippen molar-refractivity contribution in [2.24, 2.45) is 5.73 Å². The monoisotopic (exact) mass is 363 g/mol. The fourth-order valence-corrected chi connectivity index (χ4v) is 2.84. The molecule has 1 aromatic rings. The number of esters is 1. The van der Waals surface area contributed by atoms with E-state index < -0.39 is 34.0 Å². The van der Waals surface area contributed by atoms with Crippen LogP contribution in [0.25, 0.3) is 0 Å². The molecule has 1 aromatic heterocycles. The molecule has 23 heavy (non-hydrogen) atoms. The molecule has 0 bridgehead atoms. The lowest BCUT2D eigenvalue weighted by Crippen LogP contribution is -2.42. The van der Waals surface area contributed by atoms with Gasteiger partial charge in [0.05, 0.1) is 6.26 Å². The molecule has 1 unspecified atom stereocenters. The molecular weight excluding hydrogens is 346 g/mol. The maximum atomic E-state index is 11.9. The standard InChI is InChI=1S/C12H17N3O6S2/c1-7(10(16)15-12(13)18)21-11(17)9-4-3-8(22-9)5-6-14-23(2,19)20/h3-4,7,14H,5-6H2,1-2H3,(H3,13,15,16,18). The zero-order valence-corrected chi connectivity index (χ0v) is 14.1. The van der Waals surface area contributed by atoms with E-state index in [-0.39, 0.29) is 11.4 Å². The van der Waals surface area contributed by atoms with Crippen molar-refractivity contribution in [3.8, 4) is 0 Å². The SMILES string of the molecule is CC(OC(=O)c1ccc(CCNS(C)(=O)=O)s1)C(=O)NC(N)=O. The molecule has 9 nitrogen and oxygen atoms in total. The van der Waals surface area contributed by atoms with E-state index >= 15 is 0 Å². The van der Waals surface area contributed by atoms with E-state index in [4.69, 9.17) is 10.5 Å². The second-order valence-electron chi connectivity index (χ2n) is 4.58. The van der Waals surface area contributed by atoms with E-state index in [0.717, 1.165) is 22.5 Å². The lowest BCUT2D eigenvalue weighted by molar-refractivity contribution is -0.127. The van der Waals surface area contributed by atoms with E-state index in [1.54, 1.807) is 6.07 Å². The van der Waals surface area contributed by atoms with Gasteiger partial charge in [-0.1, -0.05) is 0 Å². The number of imide groups is 1. The molecule has 1 atom stereocenters. The number of hydrogen-bond donors (Lipinski definition) is 3. The summed E-state index contributed by atoms with van der Waals surface area (Å²) in [6.45, 7) is 1.52. The number of carbonyl (C=O) groups is 3. The summed E-state index contributed by atoms with van der Waals surface area (Å²) in [5, 5.41) is 1.81. The molecule has 0 saturated carbocycles. The number of ether oxygens (including phenoxy) is 1. The van der Waals surface area contributed by atoms with Crippen molar-refractivity contribution in [2.75, 3.05) is 12.8 Å². The number of nitrogens with one attached hydrogen (secondary N) is 2. The molecule has 0 spiro atoms. The molecule has 11 heteroatoms. The van der Waals surface area contributed by atoms with Crippen molar-refractivity contribution in [1.29, 1.82) is 0 Å². The number of sulfonamides is 1. The molecule has 4 N–H and O–H groups in total. The molecule has 128 valence electrons. The van der Waals surface area contributed by atoms with Gasteiger partial charge in [0.25, 0.3) is 5.91 Å². The Morgan fingerprint density at radius 3 is 2.57 bits per heavy atom. The summed E-state index contributed by atoms with van der Waals surface area (Å²) in [4.78, 5) is 34.9. The smallest absolute Gasteiger partial charge is 0.349 e. The van der Waals surface area contributed by atoms with Gasteiger partial charge in [-0.05, 0) is 25.5 Å². The average Bonchev–Trinajstić information content (AvgIpc) is 2.85. The van der Waals surface area contributed by atoms with Crippen LogP contribution in [0.1, 0.15) is 21.5 Å². The number of rotatable bonds is 7. The zero-order chi connectivity index (χ0) is 17.6. The molecule has 0 aliphatic heterocycles. The minimum absolute atomic E-state index is 0.214. The lowest BCUT2D eigenvalue weighted by atomic mass is 10.3. The number of primary amides is 1. The van der Waals surface area contributed by atoms with Crippen molar-refractivity contribution >= 4 is 39.3 Å². The summed E-state index contributed by atoms with van der Waals surface area (Å²) in [6.07, 6.45) is 0.304. The lowest BCUT2D eigenvalue weighted by Gasteiger charge is -2.10. The molecule has 1 heterocycles. The third-order valence-corrected chi connectivity index (χ3v) is 4.35. The van der Waals surface area contributed by atoms with Crippen LogP contribution in [0.15, 0.2) is 12.1 Å². The second kappa shape index (κ2) is 8.04. The van der Waals surface area contributed by atoms with Gasteiger partial charge in [-0.15, -0.1) is 11.3 Å². The van der Waals surface area contributed by atoms with Crippen LogP contribution in [0.2, 0.25) is 0 Å². The third kappa shape index (κ3) is 7.21. The van der Waals surface area contributed by atoms with E-state index in [1.807, 2.05) is 5.32 Å². The molecule has 0 aliphatic rings. The highest BCUT2D eigenvalue weighted by molar-refractivity contribution is 7.88. The van der Waals surface area contributed by atoms with Gasteiger partial charge in [0.2, 0.25) is 10.0 Å². The molecule has 3 amide bonds. The molecule has 0 fully saturated rings. The zero-order valence-electron chi connectivity index (χ0n) is 12.5. The van der Waals surface area contributed by atoms with E-state index in [0.29, 0.717) is 6.42 Å². The van der Waals surface area contributed by atoms with Gasteiger partial charge in [0, 0.05) is 11.4 Å². The number of amides is 3. The maximum absolute atomic E-state index is 11.9. The molecular formula is C12H17N3O6S2. The number of hydrogen-bond acceptors (Lipinski definition) is 7. The summed E-state index contributed by atoms with van der Waals surface area (Å²) in [7, 11) is -3.26. The molecule has 0 radical (unpaired) electrons. The van der Waals surface area contributed by atoms with Crippen LogP contribution < -0.4 is 15.8 Å². The van der Waals surface area contributed by atoms with Gasteiger partial charge in [-0.2, -0.15) is 0 Å². The van der Waals surface area contributed by atoms with Crippen LogP contribution in [0.5, 0.6) is 0 Å². The second-order valence-corrected chi connectivity index (χ2v) is 7.58. The quantitative estimate of drug-likeness (QED) is 0.561. The highest BCUT2D eigenvalue weighted by atomic mass is 32.2. The van der Waals surface area contributed by atoms with Crippen molar-refractivity contribution in [3.05, 3.63) is 21.9 Å². The van der Waals surface area contributed by atoms with Gasteiger partial charge >= 0.3 is 12.0 Å². The van der Waals surface area contributed by atoms with Gasteiger partial charge in [0.1, 0.15) is 4.88 Å². The fourth-order valence-electron chi connectivity index (χ4n) is 1.48. The Labute approximate surface area is 137 Å². The van der Waals surface area contributed by atoms with Crippen molar-refractivity contribution in [1.82, 2.24) is 10.0 Å². The summed E-state index contributed by atoms with van der Waals surface area (Å²) >= 11 is 1.13. The van der Waals surface area contributed by atoms with Gasteiger partial charge in [0.15, 0.2) is 6.10 Å². The first kappa shape index (κ1) is 19.1. The molecule has 1 rings (SSSR count). The van der Waals surface area contributed by atoms with Crippen molar-refractivity contribution in [2.45, 2.75) is 19.4 Å². The van der Waals surface area contributed by atoms with Crippen LogP contribution >= 0.6 is 11.3 Å². The Hall–Kier alpha value is -1.98. The summed E-state index contributed by atoms with van der Waals surface area (Å²) in [5.74, 6) is -1.54. The molecule has 0 saturated heterocycles. The Bertz CT molecular complexity index is 697. The number of urea groups is 1. The van der Waals surface area contributed by atoms with Crippen LogP contribution in [-0.2, 0) is 26.0 Å². The minimum atomic E-state index is -3.26. The third-order valence-electron chi connectivity index (χ3n) is 2.50. The Morgan fingerprint density at radius 1 is 1.35 bits per heavy atom. The normalized spacial score (nSPS) is 12.4.